The number of esters is 1. The number of carbonyl (C=O) groups is 1. The van der Waals surface area contributed by atoms with E-state index in [9.17, 15) is 22.4 Å². The third kappa shape index (κ3) is 6.64. The van der Waals surface area contributed by atoms with Crippen LogP contribution in [0.5, 0.6) is 5.88 Å². The predicted octanol–water partition coefficient (Wildman–Crippen LogP) is 6.44. The number of hydrogen-bond donors (Lipinski definition) is 1. The molecule has 1 aliphatic rings. The van der Waals surface area contributed by atoms with Gasteiger partial charge < -0.3 is 14.8 Å². The van der Waals surface area contributed by atoms with Crippen LogP contribution >= 0.6 is 11.6 Å². The first-order chi connectivity index (χ1) is 20.5. The zero-order chi connectivity index (χ0) is 30.7. The molecular formula is C28H22ClF4N7O3. The molecule has 0 saturated heterocycles. The topological polar surface area (TPSA) is 116 Å². The summed E-state index contributed by atoms with van der Waals surface area (Å²) < 4.78 is 65.7. The number of halogens is 5. The van der Waals surface area contributed by atoms with Gasteiger partial charge in [-0.3, -0.25) is 4.99 Å². The molecule has 0 saturated carbocycles. The maximum absolute atomic E-state index is 13.6. The quantitative estimate of drug-likeness (QED) is 0.178. The first kappa shape index (κ1) is 29.6. The fourth-order valence-corrected chi connectivity index (χ4v) is 4.33. The lowest BCUT2D eigenvalue weighted by atomic mass is 9.99. The largest absolute Gasteiger partial charge is 0.473 e. The number of anilines is 2. The highest BCUT2D eigenvalue weighted by molar-refractivity contribution is 6.31. The van der Waals surface area contributed by atoms with Gasteiger partial charge in [-0.1, -0.05) is 17.7 Å². The summed E-state index contributed by atoms with van der Waals surface area (Å²) in [6.45, 7) is 1.83. The van der Waals surface area contributed by atoms with E-state index in [0.29, 0.717) is 12.1 Å². The molecule has 1 N–H and O–H groups in total. The summed E-state index contributed by atoms with van der Waals surface area (Å²) in [5.41, 5.74) is -0.398. The van der Waals surface area contributed by atoms with Crippen LogP contribution in [0.4, 0.5) is 29.2 Å². The van der Waals surface area contributed by atoms with Crippen molar-refractivity contribution < 1.29 is 31.8 Å². The van der Waals surface area contributed by atoms with Gasteiger partial charge in [0.2, 0.25) is 11.8 Å². The molecule has 0 fully saturated rings. The molecule has 5 rings (SSSR count). The predicted molar refractivity (Wildman–Crippen MR) is 149 cm³/mol. The van der Waals surface area contributed by atoms with E-state index >= 15 is 0 Å². The maximum Gasteiger partial charge on any atom is 0.435 e. The number of aliphatic imine (C=N–C) groups is 1. The SMILES string of the molecule is COC(=O)c1cc(-c2cnc(Nc3ccc(F)c(Cl)c3)nc2-n2ccc(C(F)(F)F)n2)cnc1OC(C)C1C=CN=CC1. The highest BCUT2D eigenvalue weighted by Crippen LogP contribution is 2.33. The maximum atomic E-state index is 13.6. The van der Waals surface area contributed by atoms with Gasteiger partial charge in [0.05, 0.1) is 12.1 Å². The van der Waals surface area contributed by atoms with Gasteiger partial charge >= 0.3 is 12.1 Å². The van der Waals surface area contributed by atoms with Crippen molar-refractivity contribution in [3.63, 3.8) is 0 Å². The van der Waals surface area contributed by atoms with E-state index in [4.69, 9.17) is 21.1 Å². The number of hydrogen-bond acceptors (Lipinski definition) is 9. The van der Waals surface area contributed by atoms with Crippen molar-refractivity contribution in [2.45, 2.75) is 25.6 Å². The van der Waals surface area contributed by atoms with Gasteiger partial charge in [-0.25, -0.2) is 23.8 Å². The molecule has 2 unspecified atom stereocenters. The van der Waals surface area contributed by atoms with E-state index < -0.39 is 23.7 Å². The lowest BCUT2D eigenvalue weighted by molar-refractivity contribution is -0.141. The van der Waals surface area contributed by atoms with Crippen LogP contribution in [-0.4, -0.2) is 50.1 Å². The zero-order valence-corrected chi connectivity index (χ0v) is 23.3. The number of rotatable bonds is 8. The first-order valence-corrected chi connectivity index (χ1v) is 13.1. The summed E-state index contributed by atoms with van der Waals surface area (Å²) in [4.78, 5) is 29.8. The van der Waals surface area contributed by atoms with E-state index in [2.05, 4.69) is 30.4 Å². The van der Waals surface area contributed by atoms with Crippen LogP contribution in [0.2, 0.25) is 5.02 Å². The normalized spacial score (nSPS) is 15.3. The van der Waals surface area contributed by atoms with Crippen LogP contribution in [0.1, 0.15) is 29.4 Å². The minimum Gasteiger partial charge on any atom is -0.473 e. The smallest absolute Gasteiger partial charge is 0.435 e. The molecule has 2 atom stereocenters. The molecule has 222 valence electrons. The second-order valence-corrected chi connectivity index (χ2v) is 9.70. The van der Waals surface area contributed by atoms with Gasteiger partial charge in [0.15, 0.2) is 11.5 Å². The number of nitrogens with one attached hydrogen (secondary N) is 1. The number of ether oxygens (including phenoxy) is 2. The molecule has 4 heterocycles. The van der Waals surface area contributed by atoms with Gasteiger partial charge in [0.25, 0.3) is 0 Å². The second-order valence-electron chi connectivity index (χ2n) is 9.29. The zero-order valence-electron chi connectivity index (χ0n) is 22.5. The standard InChI is InChI=1S/C28H22ClF4N7O3/c1-15(16-5-8-34-9-6-16)43-25-19(26(41)42-2)11-17(13-35-25)20-14-36-27(37-18-3-4-22(30)21(29)12-18)38-24(20)40-10-7-23(39-40)28(31,32)33/h3-5,7-16H,6H2,1-2H3,(H,36,37,38). The minimum absolute atomic E-state index is 0.00593. The Kier molecular flexibility index (Phi) is 8.39. The monoisotopic (exact) mass is 615 g/mol. The molecule has 15 heteroatoms. The van der Waals surface area contributed by atoms with E-state index in [1.807, 2.05) is 13.0 Å². The molecule has 0 bridgehead atoms. The number of pyridine rings is 1. The van der Waals surface area contributed by atoms with E-state index in [0.717, 1.165) is 23.0 Å². The summed E-state index contributed by atoms with van der Waals surface area (Å²) in [6, 6.07) is 6.02. The van der Waals surface area contributed by atoms with Crippen molar-refractivity contribution in [3.8, 4) is 22.8 Å². The van der Waals surface area contributed by atoms with Gasteiger partial charge in [0.1, 0.15) is 17.5 Å². The van der Waals surface area contributed by atoms with Gasteiger partial charge in [-0.15, -0.1) is 0 Å². The highest BCUT2D eigenvalue weighted by Gasteiger charge is 2.34. The van der Waals surface area contributed by atoms with Crippen molar-refractivity contribution in [3.05, 3.63) is 83.3 Å². The average Bonchev–Trinajstić information content (AvgIpc) is 3.51. The Morgan fingerprint density at radius 3 is 2.67 bits per heavy atom. The molecule has 0 spiro atoms. The van der Waals surface area contributed by atoms with Crippen molar-refractivity contribution in [1.82, 2.24) is 24.7 Å². The van der Waals surface area contributed by atoms with Crippen LogP contribution in [0.15, 0.2) is 66.2 Å². The molecule has 1 aromatic carbocycles. The lowest BCUT2D eigenvalue weighted by Gasteiger charge is -2.22. The number of benzene rings is 1. The number of methoxy groups -OCH3 is 1. The van der Waals surface area contributed by atoms with Crippen LogP contribution < -0.4 is 10.1 Å². The Morgan fingerprint density at radius 2 is 2.00 bits per heavy atom. The molecular weight excluding hydrogens is 594 g/mol. The number of carbonyl (C=O) groups excluding carboxylic acids is 1. The molecule has 43 heavy (non-hydrogen) atoms. The number of aromatic nitrogens is 5. The van der Waals surface area contributed by atoms with Crippen molar-refractivity contribution in [2.75, 3.05) is 12.4 Å². The molecule has 0 amide bonds. The van der Waals surface area contributed by atoms with Crippen molar-refractivity contribution in [2.24, 2.45) is 10.9 Å². The van der Waals surface area contributed by atoms with E-state index in [-0.39, 0.29) is 51.4 Å². The summed E-state index contributed by atoms with van der Waals surface area (Å²) >= 11 is 5.86. The van der Waals surface area contributed by atoms with Gasteiger partial charge in [0, 0.05) is 53.7 Å². The van der Waals surface area contributed by atoms with Crippen LogP contribution in [0, 0.1) is 11.7 Å². The average molecular weight is 616 g/mol. The molecule has 10 nitrogen and oxygen atoms in total. The van der Waals surface area contributed by atoms with Crippen molar-refractivity contribution in [1.29, 1.82) is 0 Å². The fraction of sp³-hybridized carbons (Fsp3) is 0.214. The van der Waals surface area contributed by atoms with Crippen LogP contribution in [0.25, 0.3) is 16.9 Å². The fourth-order valence-electron chi connectivity index (χ4n) is 4.15. The Bertz CT molecular complexity index is 1720. The number of nitrogens with zero attached hydrogens (tertiary/aromatic N) is 6. The lowest BCUT2D eigenvalue weighted by Crippen LogP contribution is -2.25. The Labute approximate surface area is 247 Å². The molecule has 3 aromatic heterocycles. The third-order valence-corrected chi connectivity index (χ3v) is 6.70. The first-order valence-electron chi connectivity index (χ1n) is 12.7. The van der Waals surface area contributed by atoms with Crippen molar-refractivity contribution >= 4 is 35.4 Å². The number of alkyl halides is 3. The Hall–Kier alpha value is -4.85. The van der Waals surface area contributed by atoms with Gasteiger partial charge in [-0.2, -0.15) is 23.3 Å². The van der Waals surface area contributed by atoms with E-state index in [1.54, 1.807) is 12.4 Å². The summed E-state index contributed by atoms with van der Waals surface area (Å²) in [5, 5.41) is 6.32. The minimum atomic E-state index is -4.71. The Balaban J connectivity index is 1.56. The van der Waals surface area contributed by atoms with Crippen LogP contribution in [0.3, 0.4) is 0 Å². The second kappa shape index (κ2) is 12.2. The summed E-state index contributed by atoms with van der Waals surface area (Å²) in [7, 11) is 1.20. The molecule has 0 radical (unpaired) electrons. The summed E-state index contributed by atoms with van der Waals surface area (Å²) in [5.74, 6) is -1.52. The van der Waals surface area contributed by atoms with Crippen LogP contribution in [-0.2, 0) is 10.9 Å². The van der Waals surface area contributed by atoms with Gasteiger partial charge in [-0.05, 0) is 43.7 Å². The Morgan fingerprint density at radius 1 is 1.19 bits per heavy atom. The molecule has 4 aromatic rings. The molecule has 1 aliphatic heterocycles. The third-order valence-electron chi connectivity index (χ3n) is 6.41. The summed E-state index contributed by atoms with van der Waals surface area (Å²) in [6.07, 6.45) is 4.63. The molecule has 0 aliphatic carbocycles. The van der Waals surface area contributed by atoms with E-state index in [1.165, 1.54) is 37.7 Å². The highest BCUT2D eigenvalue weighted by atomic mass is 35.5.